The van der Waals surface area contributed by atoms with Crippen LogP contribution >= 0.6 is 8.93 Å². The number of hydrogen-bond donors (Lipinski definition) is 0. The minimum atomic E-state index is 0.497. The van der Waals surface area contributed by atoms with E-state index in [0.29, 0.717) is 19.8 Å². The molecular formula is C8H16IS-. The minimum absolute atomic E-state index is 0.497. The van der Waals surface area contributed by atoms with Gasteiger partial charge in [0.15, 0.2) is 0 Å². The van der Waals surface area contributed by atoms with Crippen molar-refractivity contribution in [1.29, 1.82) is 0 Å². The van der Waals surface area contributed by atoms with Crippen LogP contribution in [-0.4, -0.2) is 10.7 Å². The van der Waals surface area contributed by atoms with E-state index >= 15 is 0 Å². The molecule has 1 aliphatic rings. The van der Waals surface area contributed by atoms with Crippen molar-refractivity contribution >= 4 is 8.93 Å². The summed E-state index contributed by atoms with van der Waals surface area (Å²) in [6, 6.07) is 0. The van der Waals surface area contributed by atoms with Gasteiger partial charge in [-0.05, 0) is 0 Å². The normalized spacial score (nSPS) is 21.7. The summed E-state index contributed by atoms with van der Waals surface area (Å²) >= 11 is 0.497. The van der Waals surface area contributed by atoms with Crippen LogP contribution < -0.4 is 19.8 Å². The number of rotatable bonds is 3. The zero-order valence-corrected chi connectivity index (χ0v) is 9.58. The first-order valence-corrected chi connectivity index (χ1v) is 9.73. The van der Waals surface area contributed by atoms with Crippen LogP contribution in [0.4, 0.5) is 0 Å². The molecule has 0 saturated heterocycles. The van der Waals surface area contributed by atoms with Crippen molar-refractivity contribution in [2.24, 2.45) is 5.92 Å². The Morgan fingerprint density at radius 3 is 2.60 bits per heavy atom. The Labute approximate surface area is 77.2 Å². The van der Waals surface area contributed by atoms with Crippen molar-refractivity contribution in [3.8, 4) is 0 Å². The summed E-state index contributed by atoms with van der Waals surface area (Å²) in [6.45, 7) is 0. The fourth-order valence-electron chi connectivity index (χ4n) is 1.51. The van der Waals surface area contributed by atoms with Crippen molar-refractivity contribution in [2.45, 2.75) is 32.1 Å². The van der Waals surface area contributed by atoms with Gasteiger partial charge in [0.2, 0.25) is 0 Å². The second kappa shape index (κ2) is 5.70. The summed E-state index contributed by atoms with van der Waals surface area (Å²) in [5.74, 6) is 2.57. The summed E-state index contributed by atoms with van der Waals surface area (Å²) in [5.41, 5.74) is 0. The van der Waals surface area contributed by atoms with Crippen LogP contribution in [0.2, 0.25) is 0 Å². The maximum absolute atomic E-state index is 2.37. The molecular weight excluding hydrogens is 255 g/mol. The van der Waals surface area contributed by atoms with Crippen LogP contribution in [0.3, 0.4) is 0 Å². The molecule has 1 fully saturated rings. The molecule has 62 valence electrons. The first kappa shape index (κ1) is 9.17. The Balaban J connectivity index is 2.02. The zero-order valence-electron chi connectivity index (χ0n) is 6.61. The first-order chi connectivity index (χ1) is 4.93. The van der Waals surface area contributed by atoms with E-state index in [0.717, 1.165) is 5.92 Å². The molecule has 0 aromatic carbocycles. The van der Waals surface area contributed by atoms with Gasteiger partial charge in [-0.1, -0.05) is 0 Å². The number of halogens is 1. The Bertz CT molecular complexity index is 79.3. The van der Waals surface area contributed by atoms with E-state index in [4.69, 9.17) is 0 Å². The van der Waals surface area contributed by atoms with Crippen molar-refractivity contribution in [3.63, 3.8) is 0 Å². The van der Waals surface area contributed by atoms with Crippen LogP contribution in [0.25, 0.3) is 0 Å². The fraction of sp³-hybridized carbons (Fsp3) is 1.00. The van der Waals surface area contributed by atoms with Gasteiger partial charge in [0.1, 0.15) is 0 Å². The molecule has 0 radical (unpaired) electrons. The Morgan fingerprint density at radius 1 is 1.30 bits per heavy atom. The molecule has 0 unspecified atom stereocenters. The summed E-state index contributed by atoms with van der Waals surface area (Å²) < 4.78 is 0. The monoisotopic (exact) mass is 271 g/mol. The molecule has 0 aromatic heterocycles. The van der Waals surface area contributed by atoms with Gasteiger partial charge in [-0.3, -0.25) is 0 Å². The van der Waals surface area contributed by atoms with E-state index in [1.165, 1.54) is 37.9 Å². The molecule has 0 aromatic rings. The van der Waals surface area contributed by atoms with Crippen LogP contribution in [0.1, 0.15) is 32.1 Å². The average Bonchev–Trinajstić information content (AvgIpc) is 2.03. The Kier molecular flexibility index (Phi) is 5.22. The SMILES string of the molecule is C[I-]SCC1CCCCC1. The average molecular weight is 271 g/mol. The summed E-state index contributed by atoms with van der Waals surface area (Å²) in [6.07, 6.45) is 7.57. The van der Waals surface area contributed by atoms with Gasteiger partial charge in [0, 0.05) is 0 Å². The molecule has 0 N–H and O–H groups in total. The summed E-state index contributed by atoms with van der Waals surface area (Å²) in [7, 11) is 2.22. The summed E-state index contributed by atoms with van der Waals surface area (Å²) in [4.78, 5) is 2.37. The fourth-order valence-corrected chi connectivity index (χ4v) is 4.75. The van der Waals surface area contributed by atoms with Gasteiger partial charge in [0.25, 0.3) is 0 Å². The molecule has 0 atom stereocenters. The van der Waals surface area contributed by atoms with Gasteiger partial charge in [-0.15, -0.1) is 0 Å². The predicted molar refractivity (Wildman–Crippen MR) is 45.0 cm³/mol. The van der Waals surface area contributed by atoms with Crippen LogP contribution in [-0.2, 0) is 0 Å². The standard InChI is InChI=1S/C8H16IS/c1-9-10-7-8-5-3-2-4-6-8/h8H,2-7H2,1H3/q-1. The van der Waals surface area contributed by atoms with E-state index in [-0.39, 0.29) is 0 Å². The predicted octanol–water partition coefficient (Wildman–Crippen LogP) is -0.0663. The molecule has 0 bridgehead atoms. The van der Waals surface area contributed by atoms with E-state index < -0.39 is 0 Å². The molecule has 0 nitrogen and oxygen atoms in total. The van der Waals surface area contributed by atoms with Crippen molar-refractivity contribution in [3.05, 3.63) is 0 Å². The van der Waals surface area contributed by atoms with E-state index in [9.17, 15) is 0 Å². The van der Waals surface area contributed by atoms with Crippen LogP contribution in [0.5, 0.6) is 0 Å². The van der Waals surface area contributed by atoms with Crippen molar-refractivity contribution < 1.29 is 19.8 Å². The third kappa shape index (κ3) is 3.46. The van der Waals surface area contributed by atoms with E-state index in [1.54, 1.807) is 0 Å². The number of hydrogen-bond acceptors (Lipinski definition) is 1. The molecule has 2 heteroatoms. The quantitative estimate of drug-likeness (QED) is 0.512. The molecule has 1 saturated carbocycles. The van der Waals surface area contributed by atoms with Gasteiger partial charge in [-0.2, -0.15) is 0 Å². The maximum atomic E-state index is 2.37. The van der Waals surface area contributed by atoms with Gasteiger partial charge >= 0.3 is 77.5 Å². The Hall–Kier alpha value is 1.08. The summed E-state index contributed by atoms with van der Waals surface area (Å²) in [5, 5.41) is 0. The molecule has 1 rings (SSSR count). The van der Waals surface area contributed by atoms with E-state index in [1.807, 2.05) is 0 Å². The second-order valence-electron chi connectivity index (χ2n) is 2.93. The first-order valence-electron chi connectivity index (χ1n) is 4.05. The van der Waals surface area contributed by atoms with Crippen molar-refractivity contribution in [2.75, 3.05) is 10.7 Å². The molecule has 0 aliphatic heterocycles. The second-order valence-corrected chi connectivity index (χ2v) is 8.31. The third-order valence-electron chi connectivity index (χ3n) is 2.13. The van der Waals surface area contributed by atoms with Crippen molar-refractivity contribution in [1.82, 2.24) is 0 Å². The topological polar surface area (TPSA) is 0 Å². The van der Waals surface area contributed by atoms with Gasteiger partial charge in [-0.25, -0.2) is 0 Å². The zero-order chi connectivity index (χ0) is 7.23. The van der Waals surface area contributed by atoms with Gasteiger partial charge in [0.05, 0.1) is 0 Å². The third-order valence-corrected chi connectivity index (χ3v) is 5.90. The van der Waals surface area contributed by atoms with Crippen LogP contribution in [0, 0.1) is 5.92 Å². The molecule has 0 heterocycles. The Morgan fingerprint density at radius 2 is 2.00 bits per heavy atom. The van der Waals surface area contributed by atoms with E-state index in [2.05, 4.69) is 13.9 Å². The van der Waals surface area contributed by atoms with Gasteiger partial charge < -0.3 is 0 Å². The number of alkyl halides is 1. The van der Waals surface area contributed by atoms with Crippen LogP contribution in [0.15, 0.2) is 0 Å². The molecule has 0 amide bonds. The molecule has 10 heavy (non-hydrogen) atoms. The molecule has 0 spiro atoms. The molecule has 1 aliphatic carbocycles.